The molecule has 0 unspecified atom stereocenters. The summed E-state index contributed by atoms with van der Waals surface area (Å²) in [4.78, 5) is 1.95. The number of nitrogens with zero attached hydrogens (tertiary/aromatic N) is 4. The fourth-order valence-electron chi connectivity index (χ4n) is 1.05. The van der Waals surface area contributed by atoms with Gasteiger partial charge in [-0.25, -0.2) is 0 Å². The minimum Gasteiger partial charge on any atom is -0.378 e. The van der Waals surface area contributed by atoms with Crippen molar-refractivity contribution in [3.8, 4) is 12.1 Å². The highest BCUT2D eigenvalue weighted by Crippen LogP contribution is 2.16. The van der Waals surface area contributed by atoms with E-state index in [2.05, 4.69) is 10.5 Å². The summed E-state index contributed by atoms with van der Waals surface area (Å²) in [5, 5.41) is 20.6. The molecule has 1 rings (SSSR count). The van der Waals surface area contributed by atoms with Crippen molar-refractivity contribution in [2.24, 2.45) is 5.10 Å². The van der Waals surface area contributed by atoms with Crippen molar-refractivity contribution in [2.45, 2.75) is 0 Å². The molecule has 1 aromatic rings. The Morgan fingerprint density at radius 1 is 1.31 bits per heavy atom. The zero-order valence-electron chi connectivity index (χ0n) is 9.10. The Morgan fingerprint density at radius 3 is 2.56 bits per heavy atom. The molecule has 0 saturated carbocycles. The second kappa shape index (κ2) is 5.38. The highest BCUT2D eigenvalue weighted by Gasteiger charge is 1.97. The summed E-state index contributed by atoms with van der Waals surface area (Å²) >= 11 is 0. The smallest absolute Gasteiger partial charge is 0.237 e. The Morgan fingerprint density at radius 2 is 2.00 bits per heavy atom. The van der Waals surface area contributed by atoms with Crippen molar-refractivity contribution in [2.75, 3.05) is 24.4 Å². The molecule has 5 heteroatoms. The van der Waals surface area contributed by atoms with Gasteiger partial charge < -0.3 is 4.90 Å². The first-order chi connectivity index (χ1) is 7.67. The van der Waals surface area contributed by atoms with E-state index in [1.54, 1.807) is 12.1 Å². The molecular weight excluding hydrogens is 202 g/mol. The number of nitriles is 2. The van der Waals surface area contributed by atoms with Gasteiger partial charge in [0.2, 0.25) is 5.71 Å². The zero-order valence-corrected chi connectivity index (χ0v) is 9.10. The molecule has 0 aromatic heterocycles. The van der Waals surface area contributed by atoms with Gasteiger partial charge in [-0.2, -0.15) is 15.6 Å². The summed E-state index contributed by atoms with van der Waals surface area (Å²) in [6.07, 6.45) is 0. The number of hydrogen-bond acceptors (Lipinski definition) is 5. The van der Waals surface area contributed by atoms with Crippen LogP contribution >= 0.6 is 0 Å². The molecule has 80 valence electrons. The van der Waals surface area contributed by atoms with Gasteiger partial charge in [-0.1, -0.05) is 6.07 Å². The quantitative estimate of drug-likeness (QED) is 0.610. The van der Waals surface area contributed by atoms with Crippen LogP contribution in [0.25, 0.3) is 0 Å². The fourth-order valence-corrected chi connectivity index (χ4v) is 1.05. The minimum atomic E-state index is -0.199. The van der Waals surface area contributed by atoms with E-state index in [1.165, 1.54) is 0 Å². The maximum absolute atomic E-state index is 8.50. The van der Waals surface area contributed by atoms with E-state index in [-0.39, 0.29) is 5.71 Å². The van der Waals surface area contributed by atoms with Gasteiger partial charge in [0.15, 0.2) is 0 Å². The Balaban J connectivity index is 2.84. The van der Waals surface area contributed by atoms with Gasteiger partial charge in [0.25, 0.3) is 0 Å². The molecule has 0 heterocycles. The molecule has 16 heavy (non-hydrogen) atoms. The predicted molar refractivity (Wildman–Crippen MR) is 63.1 cm³/mol. The van der Waals surface area contributed by atoms with E-state index >= 15 is 0 Å². The van der Waals surface area contributed by atoms with Gasteiger partial charge >= 0.3 is 0 Å². The monoisotopic (exact) mass is 213 g/mol. The number of hydrogen-bond donors (Lipinski definition) is 1. The van der Waals surface area contributed by atoms with Crippen LogP contribution in [-0.2, 0) is 0 Å². The number of rotatable bonds is 3. The lowest BCUT2D eigenvalue weighted by atomic mass is 10.3. The maximum Gasteiger partial charge on any atom is 0.237 e. The molecule has 0 spiro atoms. The SMILES string of the molecule is CN(C)c1cccc(NN=C(C#N)C#N)c1. The lowest BCUT2D eigenvalue weighted by Crippen LogP contribution is -2.08. The molecule has 0 aliphatic carbocycles. The molecule has 1 aromatic carbocycles. The number of hydrazone groups is 1. The van der Waals surface area contributed by atoms with Gasteiger partial charge in [0.1, 0.15) is 12.1 Å². The van der Waals surface area contributed by atoms with Crippen LogP contribution < -0.4 is 10.3 Å². The van der Waals surface area contributed by atoms with Gasteiger partial charge in [0.05, 0.1) is 5.69 Å². The summed E-state index contributed by atoms with van der Waals surface area (Å²) in [7, 11) is 3.86. The highest BCUT2D eigenvalue weighted by molar-refractivity contribution is 6.10. The number of anilines is 2. The van der Waals surface area contributed by atoms with E-state index in [1.807, 2.05) is 43.3 Å². The van der Waals surface area contributed by atoms with Crippen LogP contribution in [0.3, 0.4) is 0 Å². The van der Waals surface area contributed by atoms with Crippen LogP contribution in [0.1, 0.15) is 0 Å². The molecule has 1 N–H and O–H groups in total. The third-order valence-corrected chi connectivity index (χ3v) is 1.87. The van der Waals surface area contributed by atoms with Crippen LogP contribution in [0.2, 0.25) is 0 Å². The van der Waals surface area contributed by atoms with Crippen LogP contribution in [0.4, 0.5) is 11.4 Å². The molecule has 5 nitrogen and oxygen atoms in total. The molecular formula is C11H11N5. The summed E-state index contributed by atoms with van der Waals surface area (Å²) in [6, 6.07) is 10.8. The summed E-state index contributed by atoms with van der Waals surface area (Å²) in [6.45, 7) is 0. The van der Waals surface area contributed by atoms with Crippen LogP contribution in [0, 0.1) is 22.7 Å². The van der Waals surface area contributed by atoms with E-state index in [0.717, 1.165) is 11.4 Å². The van der Waals surface area contributed by atoms with Gasteiger partial charge in [-0.05, 0) is 18.2 Å². The van der Waals surface area contributed by atoms with Crippen molar-refractivity contribution in [3.05, 3.63) is 24.3 Å². The van der Waals surface area contributed by atoms with E-state index in [4.69, 9.17) is 10.5 Å². The normalized spacial score (nSPS) is 8.50. The summed E-state index contributed by atoms with van der Waals surface area (Å²) in [5.74, 6) is 0. The first-order valence-electron chi connectivity index (χ1n) is 4.58. The van der Waals surface area contributed by atoms with Crippen LogP contribution in [0.15, 0.2) is 29.4 Å². The fraction of sp³-hybridized carbons (Fsp3) is 0.182. The predicted octanol–water partition coefficient (Wildman–Crippen LogP) is 1.57. The van der Waals surface area contributed by atoms with E-state index in [0.29, 0.717) is 0 Å². The van der Waals surface area contributed by atoms with Gasteiger partial charge in [-0.3, -0.25) is 5.43 Å². The number of benzene rings is 1. The second-order valence-electron chi connectivity index (χ2n) is 3.24. The Kier molecular flexibility index (Phi) is 3.88. The van der Waals surface area contributed by atoms with Crippen molar-refractivity contribution in [1.82, 2.24) is 0 Å². The molecule has 0 fully saturated rings. The topological polar surface area (TPSA) is 75.2 Å². The summed E-state index contributed by atoms with van der Waals surface area (Å²) < 4.78 is 0. The maximum atomic E-state index is 8.50. The Bertz CT molecular complexity index is 460. The van der Waals surface area contributed by atoms with Gasteiger partial charge in [0, 0.05) is 19.8 Å². The van der Waals surface area contributed by atoms with E-state index in [9.17, 15) is 0 Å². The highest BCUT2D eigenvalue weighted by atomic mass is 15.3. The molecule has 0 aliphatic rings. The third kappa shape index (κ3) is 3.00. The van der Waals surface area contributed by atoms with Gasteiger partial charge in [-0.15, -0.1) is 0 Å². The Labute approximate surface area is 94.2 Å². The molecule has 0 atom stereocenters. The first-order valence-corrected chi connectivity index (χ1v) is 4.58. The molecule has 0 amide bonds. The van der Waals surface area contributed by atoms with Crippen molar-refractivity contribution in [3.63, 3.8) is 0 Å². The first kappa shape index (κ1) is 11.5. The summed E-state index contributed by atoms with van der Waals surface area (Å²) in [5.41, 5.74) is 4.20. The molecule has 0 radical (unpaired) electrons. The minimum absolute atomic E-state index is 0.199. The van der Waals surface area contributed by atoms with Crippen LogP contribution in [-0.4, -0.2) is 19.8 Å². The third-order valence-electron chi connectivity index (χ3n) is 1.87. The van der Waals surface area contributed by atoms with Crippen molar-refractivity contribution >= 4 is 17.1 Å². The number of nitrogens with one attached hydrogen (secondary N) is 1. The van der Waals surface area contributed by atoms with Crippen molar-refractivity contribution in [1.29, 1.82) is 10.5 Å². The average molecular weight is 213 g/mol. The molecule has 0 aliphatic heterocycles. The van der Waals surface area contributed by atoms with Crippen molar-refractivity contribution < 1.29 is 0 Å². The van der Waals surface area contributed by atoms with E-state index < -0.39 is 0 Å². The zero-order chi connectivity index (χ0) is 12.0. The lowest BCUT2D eigenvalue weighted by Gasteiger charge is -2.13. The molecule has 0 bridgehead atoms. The standard InChI is InChI=1S/C11H11N5/c1-16(2)11-5-3-4-9(6-11)14-15-10(7-12)8-13/h3-6,14H,1-2H3. The second-order valence-corrected chi connectivity index (χ2v) is 3.24. The largest absolute Gasteiger partial charge is 0.378 e. The molecule has 0 saturated heterocycles. The Hall–Kier alpha value is -2.53. The average Bonchev–Trinajstić information content (AvgIpc) is 2.31. The van der Waals surface area contributed by atoms with Crippen LogP contribution in [0.5, 0.6) is 0 Å². The lowest BCUT2D eigenvalue weighted by molar-refractivity contribution is 1.13.